The molecule has 2 aromatic rings. The van der Waals surface area contributed by atoms with Gasteiger partial charge in [-0.05, 0) is 32.8 Å². The lowest BCUT2D eigenvalue weighted by Gasteiger charge is -2.35. The van der Waals surface area contributed by atoms with Crippen molar-refractivity contribution in [1.29, 1.82) is 0 Å². The number of aryl methyl sites for hydroxylation is 1. The predicted molar refractivity (Wildman–Crippen MR) is 76.7 cm³/mol. The summed E-state index contributed by atoms with van der Waals surface area (Å²) in [5, 5.41) is 10.6. The molecule has 1 amide bonds. The number of aliphatic hydroxyl groups is 1. The number of benzene rings is 1. The largest absolute Gasteiger partial charge is 0.448 e. The van der Waals surface area contributed by atoms with Gasteiger partial charge in [-0.1, -0.05) is 12.1 Å². The molecule has 2 heterocycles. The Morgan fingerprint density at radius 2 is 2.05 bits per heavy atom. The fourth-order valence-corrected chi connectivity index (χ4v) is 2.75. The first-order valence-corrected chi connectivity index (χ1v) is 7.08. The highest BCUT2D eigenvalue weighted by Crippen LogP contribution is 2.29. The maximum absolute atomic E-state index is 13.7. The molecule has 21 heavy (non-hydrogen) atoms. The molecule has 0 atom stereocenters. The minimum atomic E-state index is -0.716. The zero-order chi connectivity index (χ0) is 15.2. The van der Waals surface area contributed by atoms with Crippen molar-refractivity contribution in [1.82, 2.24) is 4.90 Å². The van der Waals surface area contributed by atoms with E-state index in [4.69, 9.17) is 4.42 Å². The number of carbonyl (C=O) groups excluding carboxylic acids is 1. The lowest BCUT2D eigenvalue weighted by Crippen LogP contribution is -2.45. The predicted octanol–water partition coefficient (Wildman–Crippen LogP) is 2.87. The number of hydrogen-bond acceptors (Lipinski definition) is 3. The van der Waals surface area contributed by atoms with Crippen molar-refractivity contribution in [3.8, 4) is 0 Å². The van der Waals surface area contributed by atoms with E-state index in [1.54, 1.807) is 30.9 Å². The minimum Gasteiger partial charge on any atom is -0.448 e. The first-order valence-electron chi connectivity index (χ1n) is 7.08. The summed E-state index contributed by atoms with van der Waals surface area (Å²) in [6, 6.07) is 4.67. The zero-order valence-corrected chi connectivity index (χ0v) is 12.1. The number of furan rings is 1. The van der Waals surface area contributed by atoms with Crippen molar-refractivity contribution in [2.24, 2.45) is 0 Å². The van der Waals surface area contributed by atoms with E-state index in [1.807, 2.05) is 0 Å². The number of hydrogen-bond donors (Lipinski definition) is 1. The van der Waals surface area contributed by atoms with E-state index < -0.39 is 11.4 Å². The van der Waals surface area contributed by atoms with Crippen molar-refractivity contribution in [2.45, 2.75) is 32.3 Å². The molecule has 1 aromatic heterocycles. The molecule has 1 N–H and O–H groups in total. The van der Waals surface area contributed by atoms with Crippen LogP contribution in [0, 0.1) is 12.7 Å². The summed E-state index contributed by atoms with van der Waals surface area (Å²) in [5.74, 6) is -0.508. The summed E-state index contributed by atoms with van der Waals surface area (Å²) in [6.07, 6.45) is 1.07. The van der Waals surface area contributed by atoms with E-state index in [2.05, 4.69) is 0 Å². The molecule has 4 nitrogen and oxygen atoms in total. The van der Waals surface area contributed by atoms with Crippen LogP contribution < -0.4 is 0 Å². The highest BCUT2D eigenvalue weighted by atomic mass is 19.1. The molecule has 1 aromatic carbocycles. The highest BCUT2D eigenvalue weighted by molar-refractivity contribution is 5.99. The number of amides is 1. The van der Waals surface area contributed by atoms with Gasteiger partial charge in [-0.3, -0.25) is 4.79 Å². The summed E-state index contributed by atoms with van der Waals surface area (Å²) in [4.78, 5) is 14.2. The van der Waals surface area contributed by atoms with Crippen LogP contribution in [0.5, 0.6) is 0 Å². The van der Waals surface area contributed by atoms with Crippen LogP contribution in [0.4, 0.5) is 4.39 Å². The van der Waals surface area contributed by atoms with Gasteiger partial charge in [0, 0.05) is 24.0 Å². The first-order chi connectivity index (χ1) is 9.89. The van der Waals surface area contributed by atoms with Gasteiger partial charge in [0.15, 0.2) is 17.2 Å². The average Bonchev–Trinajstić information content (AvgIpc) is 2.77. The molecule has 0 spiro atoms. The standard InChI is InChI=1S/C16H18FNO3/c1-10-11-4-3-5-12(17)14(11)21-13(10)15(19)18-8-6-16(2,20)7-9-18/h3-5,20H,6-9H2,1-2H3. The molecule has 0 bridgehead atoms. The molecule has 0 saturated carbocycles. The lowest BCUT2D eigenvalue weighted by atomic mass is 9.93. The quantitative estimate of drug-likeness (QED) is 0.879. The van der Waals surface area contributed by atoms with Crippen LogP contribution in [0.15, 0.2) is 22.6 Å². The van der Waals surface area contributed by atoms with Crippen molar-refractivity contribution in [2.75, 3.05) is 13.1 Å². The summed E-state index contributed by atoms with van der Waals surface area (Å²) < 4.78 is 19.2. The van der Waals surface area contributed by atoms with Crippen LogP contribution in [-0.2, 0) is 0 Å². The topological polar surface area (TPSA) is 53.7 Å². The minimum absolute atomic E-state index is 0.127. The SMILES string of the molecule is Cc1c(C(=O)N2CCC(C)(O)CC2)oc2c(F)cccc12. The van der Waals surface area contributed by atoms with Crippen LogP contribution >= 0.6 is 0 Å². The van der Waals surface area contributed by atoms with Crippen LogP contribution in [0.25, 0.3) is 11.0 Å². The monoisotopic (exact) mass is 291 g/mol. The van der Waals surface area contributed by atoms with Gasteiger partial charge in [-0.15, -0.1) is 0 Å². The van der Waals surface area contributed by atoms with Crippen LogP contribution in [0.2, 0.25) is 0 Å². The maximum atomic E-state index is 13.7. The molecular formula is C16H18FNO3. The second kappa shape index (κ2) is 4.84. The van der Waals surface area contributed by atoms with E-state index in [0.717, 1.165) is 0 Å². The van der Waals surface area contributed by atoms with Gasteiger partial charge < -0.3 is 14.4 Å². The van der Waals surface area contributed by atoms with Crippen molar-refractivity contribution in [3.63, 3.8) is 0 Å². The first kappa shape index (κ1) is 14.1. The van der Waals surface area contributed by atoms with E-state index >= 15 is 0 Å². The summed E-state index contributed by atoms with van der Waals surface area (Å²) in [6.45, 7) is 4.49. The fourth-order valence-electron chi connectivity index (χ4n) is 2.75. The maximum Gasteiger partial charge on any atom is 0.289 e. The van der Waals surface area contributed by atoms with Gasteiger partial charge in [0.1, 0.15) is 0 Å². The number of fused-ring (bicyclic) bond motifs is 1. The molecule has 0 aliphatic carbocycles. The Morgan fingerprint density at radius 3 is 2.67 bits per heavy atom. The van der Waals surface area contributed by atoms with Crippen LogP contribution in [-0.4, -0.2) is 34.6 Å². The van der Waals surface area contributed by atoms with Gasteiger partial charge in [-0.25, -0.2) is 4.39 Å². The molecule has 0 unspecified atom stereocenters. The average molecular weight is 291 g/mol. The van der Waals surface area contributed by atoms with Gasteiger partial charge in [0.25, 0.3) is 5.91 Å². The Bertz CT molecular complexity index is 695. The Labute approximate surface area is 122 Å². The summed E-state index contributed by atoms with van der Waals surface area (Å²) in [7, 11) is 0. The number of nitrogens with zero attached hydrogens (tertiary/aromatic N) is 1. The number of likely N-dealkylation sites (tertiary alicyclic amines) is 1. The number of rotatable bonds is 1. The third-order valence-corrected chi connectivity index (χ3v) is 4.24. The number of carbonyl (C=O) groups is 1. The molecule has 112 valence electrons. The Hall–Kier alpha value is -1.88. The fraction of sp³-hybridized carbons (Fsp3) is 0.438. The number of para-hydroxylation sites is 1. The molecule has 1 fully saturated rings. The Morgan fingerprint density at radius 1 is 1.38 bits per heavy atom. The van der Waals surface area contributed by atoms with Crippen LogP contribution in [0.3, 0.4) is 0 Å². The molecule has 1 aliphatic rings. The molecule has 3 rings (SSSR count). The van der Waals surface area contributed by atoms with E-state index in [9.17, 15) is 14.3 Å². The number of piperidine rings is 1. The third kappa shape index (κ3) is 2.42. The van der Waals surface area contributed by atoms with Crippen molar-refractivity contribution in [3.05, 3.63) is 35.3 Å². The summed E-state index contributed by atoms with van der Waals surface area (Å²) >= 11 is 0. The van der Waals surface area contributed by atoms with Gasteiger partial charge in [0.05, 0.1) is 5.60 Å². The molecule has 0 radical (unpaired) electrons. The van der Waals surface area contributed by atoms with Gasteiger partial charge in [-0.2, -0.15) is 0 Å². The molecule has 1 aliphatic heterocycles. The van der Waals surface area contributed by atoms with Crippen LogP contribution in [0.1, 0.15) is 35.9 Å². The third-order valence-electron chi connectivity index (χ3n) is 4.24. The zero-order valence-electron chi connectivity index (χ0n) is 12.1. The smallest absolute Gasteiger partial charge is 0.289 e. The Balaban J connectivity index is 1.92. The van der Waals surface area contributed by atoms with Crippen molar-refractivity contribution < 1.29 is 18.7 Å². The lowest BCUT2D eigenvalue weighted by molar-refractivity contribution is -0.00285. The molecule has 5 heteroatoms. The second-order valence-electron chi connectivity index (χ2n) is 5.96. The highest BCUT2D eigenvalue weighted by Gasteiger charge is 2.32. The Kier molecular flexibility index (Phi) is 3.24. The van der Waals surface area contributed by atoms with E-state index in [0.29, 0.717) is 36.9 Å². The molecule has 1 saturated heterocycles. The van der Waals surface area contributed by atoms with Crippen molar-refractivity contribution >= 4 is 16.9 Å². The van der Waals surface area contributed by atoms with E-state index in [1.165, 1.54) is 6.07 Å². The van der Waals surface area contributed by atoms with E-state index in [-0.39, 0.29) is 17.3 Å². The number of halogens is 1. The second-order valence-corrected chi connectivity index (χ2v) is 5.96. The summed E-state index contributed by atoms with van der Waals surface area (Å²) in [5.41, 5.74) is 0.0698. The molecular weight excluding hydrogens is 273 g/mol. The normalized spacial score (nSPS) is 18.2. The van der Waals surface area contributed by atoms with Gasteiger partial charge in [0.2, 0.25) is 0 Å². The van der Waals surface area contributed by atoms with Gasteiger partial charge >= 0.3 is 0 Å².